The Balaban J connectivity index is 1.84. The normalized spacial score (nSPS) is 10.7. The van der Waals surface area contributed by atoms with Crippen molar-refractivity contribution in [2.24, 2.45) is 0 Å². The average Bonchev–Trinajstić information content (AvgIpc) is 3.04. The van der Waals surface area contributed by atoms with E-state index in [-0.39, 0.29) is 18.8 Å². The van der Waals surface area contributed by atoms with E-state index < -0.39 is 10.9 Å². The summed E-state index contributed by atoms with van der Waals surface area (Å²) in [5.74, 6) is -0.693. The monoisotopic (exact) mass is 294 g/mol. The van der Waals surface area contributed by atoms with Gasteiger partial charge in [-0.15, -0.1) is 5.10 Å². The molecule has 2 heterocycles. The van der Waals surface area contributed by atoms with Crippen LogP contribution >= 0.6 is 0 Å². The van der Waals surface area contributed by atoms with Gasteiger partial charge in [0, 0.05) is 12.6 Å². The molecular formula is C12H14N4O5. The average molecular weight is 294 g/mol. The zero-order chi connectivity index (χ0) is 15.2. The van der Waals surface area contributed by atoms with Crippen LogP contribution in [-0.4, -0.2) is 31.0 Å². The van der Waals surface area contributed by atoms with E-state index >= 15 is 0 Å². The first kappa shape index (κ1) is 14.7. The van der Waals surface area contributed by atoms with Crippen LogP contribution in [0.25, 0.3) is 0 Å². The minimum Gasteiger partial charge on any atom is -0.481 e. The molecule has 2 aromatic rings. The summed E-state index contributed by atoms with van der Waals surface area (Å²) in [4.78, 5) is 20.3. The van der Waals surface area contributed by atoms with Crippen LogP contribution in [0.2, 0.25) is 0 Å². The smallest absolute Gasteiger partial charge is 0.433 e. The van der Waals surface area contributed by atoms with Crippen molar-refractivity contribution in [2.45, 2.75) is 32.2 Å². The molecule has 9 nitrogen and oxygen atoms in total. The lowest BCUT2D eigenvalue weighted by atomic mass is 10.1. The molecule has 0 aliphatic rings. The molecule has 2 rings (SSSR count). The summed E-state index contributed by atoms with van der Waals surface area (Å²) in [6.07, 6.45) is 3.81. The number of nitrogens with zero attached hydrogens (tertiary/aromatic N) is 4. The van der Waals surface area contributed by atoms with Gasteiger partial charge in [-0.25, -0.2) is 4.68 Å². The second-order valence-electron chi connectivity index (χ2n) is 4.51. The van der Waals surface area contributed by atoms with Crippen molar-refractivity contribution in [3.63, 3.8) is 0 Å². The van der Waals surface area contributed by atoms with Gasteiger partial charge >= 0.3 is 11.9 Å². The first-order chi connectivity index (χ1) is 10.0. The molecule has 0 bridgehead atoms. The lowest BCUT2D eigenvalue weighted by Crippen LogP contribution is -1.99. The van der Waals surface area contributed by atoms with Gasteiger partial charge in [0.2, 0.25) is 0 Å². The molecule has 0 amide bonds. The Morgan fingerprint density at radius 1 is 1.43 bits per heavy atom. The van der Waals surface area contributed by atoms with Crippen molar-refractivity contribution in [3.05, 3.63) is 39.9 Å². The number of rotatable bonds is 8. The second kappa shape index (κ2) is 6.64. The summed E-state index contributed by atoms with van der Waals surface area (Å²) in [5, 5.41) is 26.9. The summed E-state index contributed by atoms with van der Waals surface area (Å²) < 4.78 is 6.55. The molecule has 0 atom stereocenters. The molecule has 0 aliphatic heterocycles. The van der Waals surface area contributed by atoms with Crippen molar-refractivity contribution in [3.8, 4) is 0 Å². The predicted octanol–water partition coefficient (Wildman–Crippen LogP) is 1.62. The van der Waals surface area contributed by atoms with Crippen molar-refractivity contribution in [2.75, 3.05) is 0 Å². The Bertz CT molecular complexity index is 633. The van der Waals surface area contributed by atoms with Gasteiger partial charge in [0.1, 0.15) is 17.2 Å². The van der Waals surface area contributed by atoms with Crippen LogP contribution in [0.4, 0.5) is 5.88 Å². The molecule has 0 unspecified atom stereocenters. The molecule has 9 heteroatoms. The molecule has 21 heavy (non-hydrogen) atoms. The van der Waals surface area contributed by atoms with Gasteiger partial charge in [-0.3, -0.25) is 14.9 Å². The Morgan fingerprint density at radius 3 is 2.90 bits per heavy atom. The van der Waals surface area contributed by atoms with Gasteiger partial charge in [0.15, 0.2) is 0 Å². The summed E-state index contributed by atoms with van der Waals surface area (Å²) in [6.45, 7) is 0.260. The number of unbranched alkanes of at least 4 members (excludes halogenated alkanes) is 1. The minimum absolute atomic E-state index is 0.143. The molecule has 0 saturated heterocycles. The summed E-state index contributed by atoms with van der Waals surface area (Å²) in [5.41, 5.74) is 0.751. The topological polar surface area (TPSA) is 124 Å². The molecular weight excluding hydrogens is 280 g/mol. The summed E-state index contributed by atoms with van der Waals surface area (Å²) in [6, 6.07) is 2.81. The molecule has 2 aromatic heterocycles. The van der Waals surface area contributed by atoms with Gasteiger partial charge in [-0.1, -0.05) is 5.21 Å². The maximum atomic E-state index is 10.5. The van der Waals surface area contributed by atoms with E-state index in [2.05, 4.69) is 10.3 Å². The molecule has 0 aromatic carbocycles. The SMILES string of the molecule is O=C(O)CCCCc1cn(Cc2ccc([N+](=O)[O-])o2)nn1. The van der Waals surface area contributed by atoms with Crippen molar-refractivity contribution in [1.29, 1.82) is 0 Å². The number of aliphatic carboxylic acids is 1. The Hall–Kier alpha value is -2.71. The maximum Gasteiger partial charge on any atom is 0.433 e. The number of nitro groups is 1. The molecule has 1 N–H and O–H groups in total. The van der Waals surface area contributed by atoms with Gasteiger partial charge in [-0.2, -0.15) is 0 Å². The molecule has 0 spiro atoms. The van der Waals surface area contributed by atoms with Crippen LogP contribution in [0.15, 0.2) is 22.7 Å². The fourth-order valence-corrected chi connectivity index (χ4v) is 1.82. The number of carboxylic acid groups (broad SMARTS) is 1. The van der Waals surface area contributed by atoms with E-state index in [1.54, 1.807) is 6.20 Å². The minimum atomic E-state index is -0.807. The van der Waals surface area contributed by atoms with E-state index in [9.17, 15) is 14.9 Å². The Morgan fingerprint density at radius 2 is 2.24 bits per heavy atom. The van der Waals surface area contributed by atoms with E-state index in [0.29, 0.717) is 18.6 Å². The van der Waals surface area contributed by atoms with Crippen molar-refractivity contribution in [1.82, 2.24) is 15.0 Å². The quantitative estimate of drug-likeness (QED) is 0.445. The number of aryl methyl sites for hydroxylation is 1. The number of furan rings is 1. The second-order valence-corrected chi connectivity index (χ2v) is 4.51. The van der Waals surface area contributed by atoms with E-state index in [4.69, 9.17) is 9.52 Å². The number of aromatic nitrogens is 3. The fraction of sp³-hybridized carbons (Fsp3) is 0.417. The first-order valence-corrected chi connectivity index (χ1v) is 6.38. The van der Waals surface area contributed by atoms with Crippen LogP contribution in [0, 0.1) is 10.1 Å². The number of carboxylic acids is 1. The van der Waals surface area contributed by atoms with E-state index in [0.717, 1.165) is 12.1 Å². The highest BCUT2D eigenvalue weighted by Crippen LogP contribution is 2.16. The van der Waals surface area contributed by atoms with Gasteiger partial charge in [0.25, 0.3) is 0 Å². The van der Waals surface area contributed by atoms with E-state index in [1.165, 1.54) is 16.8 Å². The fourth-order valence-electron chi connectivity index (χ4n) is 1.82. The zero-order valence-corrected chi connectivity index (χ0v) is 11.1. The molecule has 0 radical (unpaired) electrons. The lowest BCUT2D eigenvalue weighted by molar-refractivity contribution is -0.402. The number of carbonyl (C=O) groups is 1. The predicted molar refractivity (Wildman–Crippen MR) is 69.7 cm³/mol. The highest BCUT2D eigenvalue weighted by molar-refractivity contribution is 5.66. The zero-order valence-electron chi connectivity index (χ0n) is 11.1. The van der Waals surface area contributed by atoms with Crippen LogP contribution in [0.5, 0.6) is 0 Å². The standard InChI is InChI=1S/C12H14N4O5/c17-12(18)4-2-1-3-9-7-15(14-13-9)8-10-5-6-11(21-10)16(19)20/h5-7H,1-4,8H2,(H,17,18). The third-order valence-electron chi connectivity index (χ3n) is 2.80. The van der Waals surface area contributed by atoms with Crippen molar-refractivity contribution >= 4 is 11.9 Å². The van der Waals surface area contributed by atoms with Crippen LogP contribution < -0.4 is 0 Å². The largest absolute Gasteiger partial charge is 0.481 e. The van der Waals surface area contributed by atoms with Gasteiger partial charge in [0.05, 0.1) is 11.8 Å². The molecule has 0 saturated carbocycles. The highest BCUT2D eigenvalue weighted by atomic mass is 16.6. The third kappa shape index (κ3) is 4.41. The highest BCUT2D eigenvalue weighted by Gasteiger charge is 2.12. The van der Waals surface area contributed by atoms with Gasteiger partial charge < -0.3 is 9.52 Å². The molecule has 0 fully saturated rings. The Labute approximate surface area is 119 Å². The summed E-state index contributed by atoms with van der Waals surface area (Å²) >= 11 is 0. The first-order valence-electron chi connectivity index (χ1n) is 6.38. The maximum absolute atomic E-state index is 10.5. The van der Waals surface area contributed by atoms with Crippen LogP contribution in [-0.2, 0) is 17.8 Å². The lowest BCUT2D eigenvalue weighted by Gasteiger charge is -1.95. The number of hydrogen-bond donors (Lipinski definition) is 1. The van der Waals surface area contributed by atoms with Crippen molar-refractivity contribution < 1.29 is 19.2 Å². The molecule has 112 valence electrons. The third-order valence-corrected chi connectivity index (χ3v) is 2.80. The summed E-state index contributed by atoms with van der Waals surface area (Å²) in [7, 11) is 0. The Kier molecular flexibility index (Phi) is 4.64. The van der Waals surface area contributed by atoms with Crippen LogP contribution in [0.3, 0.4) is 0 Å². The van der Waals surface area contributed by atoms with Crippen LogP contribution in [0.1, 0.15) is 30.7 Å². The van der Waals surface area contributed by atoms with Gasteiger partial charge in [-0.05, 0) is 25.3 Å². The number of hydrogen-bond acceptors (Lipinski definition) is 6. The molecule has 0 aliphatic carbocycles. The van der Waals surface area contributed by atoms with E-state index in [1.807, 2.05) is 0 Å².